The molecule has 17 heteroatoms. The maximum Gasteiger partial charge on any atom is 0.245 e. The molecule has 1 aliphatic rings. The number of unbranched alkanes of at least 4 members (excludes halogenated alkanes) is 2. The number of hydrogen-bond donors (Lipinski definition) is 8. The van der Waals surface area contributed by atoms with Gasteiger partial charge < -0.3 is 43.0 Å². The third-order valence-electron chi connectivity index (χ3n) is 11.1. The fourth-order valence-electron chi connectivity index (χ4n) is 7.54. The first-order valence-electron chi connectivity index (χ1n) is 21.1. The van der Waals surface area contributed by atoms with E-state index in [2.05, 4.69) is 48.5 Å². The minimum atomic E-state index is -1.03. The van der Waals surface area contributed by atoms with Gasteiger partial charge in [0.1, 0.15) is 17.9 Å². The smallest absolute Gasteiger partial charge is 0.245 e. The molecular formula is C45H57FN12O3S. The number of carbonyl (C=O) groups is 3. The molecule has 11 N–H and O–H groups in total. The van der Waals surface area contributed by atoms with E-state index < -0.39 is 35.8 Å². The standard InChI is InChI=1S/C45H57FN12O3S/c1-3-4-5-11-30-25-51-37(15-10-23-48)43(59)53-38(14-8-9-22-47)45(61)58(2)39(24-31-26-50-36-13-7-6-12-33(31)36)44(60)52-27-34-32(20-21-35(46)40(34)62-41(30)49)28-16-18-29(19-17-28)42-54-56-57-55-42/h5-7,11-13,16-21,26,37-39,50-51H,3-4,8-10,14-15,22-25,27,47-49H2,1-2H3,(H,52,60)(H,53,59)(H,54,55,56,57)/b11-5-,41-30-/t37-,38-,39-/m0/s1. The normalized spacial score (nSPS) is 19.7. The summed E-state index contributed by atoms with van der Waals surface area (Å²) in [6, 6.07) is 15.5. The van der Waals surface area contributed by atoms with Gasteiger partial charge in [0.05, 0.1) is 16.0 Å². The Morgan fingerprint density at radius 3 is 2.42 bits per heavy atom. The number of H-pyrrole nitrogens is 2. The van der Waals surface area contributed by atoms with Gasteiger partial charge >= 0.3 is 0 Å². The lowest BCUT2D eigenvalue weighted by molar-refractivity contribution is -0.142. The van der Waals surface area contributed by atoms with E-state index >= 15 is 4.39 Å². The Bertz CT molecular complexity index is 2350. The number of amides is 3. The highest BCUT2D eigenvalue weighted by molar-refractivity contribution is 8.03. The molecular weight excluding hydrogens is 808 g/mol. The number of aromatic nitrogens is 5. The van der Waals surface area contributed by atoms with E-state index in [1.165, 1.54) is 11.0 Å². The first kappa shape index (κ1) is 45.6. The van der Waals surface area contributed by atoms with E-state index in [0.29, 0.717) is 72.7 Å². The number of fused-ring (bicyclic) bond motifs is 2. The minimum absolute atomic E-state index is 0.0996. The van der Waals surface area contributed by atoms with Crippen LogP contribution in [-0.2, 0) is 27.3 Å². The summed E-state index contributed by atoms with van der Waals surface area (Å²) in [6.45, 7) is 2.91. The van der Waals surface area contributed by atoms with Crippen LogP contribution in [0.2, 0.25) is 0 Å². The van der Waals surface area contributed by atoms with E-state index in [9.17, 15) is 14.4 Å². The van der Waals surface area contributed by atoms with Crippen molar-refractivity contribution in [3.63, 3.8) is 0 Å². The zero-order valence-corrected chi connectivity index (χ0v) is 36.1. The second-order valence-corrected chi connectivity index (χ2v) is 16.4. The number of nitrogens with zero attached hydrogens (tertiary/aromatic N) is 4. The van der Waals surface area contributed by atoms with Gasteiger partial charge in [0.2, 0.25) is 23.5 Å². The van der Waals surface area contributed by atoms with E-state index in [-0.39, 0.29) is 30.3 Å². The van der Waals surface area contributed by atoms with Crippen molar-refractivity contribution >= 4 is 40.4 Å². The third kappa shape index (κ3) is 11.3. The number of halogens is 1. The molecule has 0 saturated carbocycles. The number of nitrogens with one attached hydrogen (secondary N) is 5. The SMILES string of the molecule is CCC/C=C\C1=C(/N)Sc2c(F)ccc(-c3ccc(-c4nn[nH]n4)cc3)c2CNC(=O)[C@H](Cc2c[nH]c3ccccc23)N(C)C(=O)[C@H](CCCCN)NC(=O)[C@H](CCCN)NC1. The van der Waals surface area contributed by atoms with Gasteiger partial charge in [-0.1, -0.05) is 85.8 Å². The van der Waals surface area contributed by atoms with E-state index in [0.717, 1.165) is 52.2 Å². The van der Waals surface area contributed by atoms with Crippen LogP contribution in [0.25, 0.3) is 33.4 Å². The Balaban J connectivity index is 1.48. The largest absolute Gasteiger partial charge is 0.393 e. The second kappa shape index (κ2) is 22.3. The number of benzene rings is 3. The fourth-order valence-corrected chi connectivity index (χ4v) is 8.51. The van der Waals surface area contributed by atoms with Crippen LogP contribution < -0.4 is 33.2 Å². The van der Waals surface area contributed by atoms with Gasteiger partial charge in [0, 0.05) is 49.2 Å². The zero-order chi connectivity index (χ0) is 44.0. The number of tetrazole rings is 1. The van der Waals surface area contributed by atoms with Crippen LogP contribution in [0, 0.1) is 5.82 Å². The first-order valence-corrected chi connectivity index (χ1v) is 22.0. The van der Waals surface area contributed by atoms with Crippen molar-refractivity contribution in [3.8, 4) is 22.5 Å². The second-order valence-electron chi connectivity index (χ2n) is 15.4. The molecule has 0 fully saturated rings. The highest BCUT2D eigenvalue weighted by Gasteiger charge is 2.34. The molecule has 6 rings (SSSR count). The minimum Gasteiger partial charge on any atom is -0.393 e. The van der Waals surface area contributed by atoms with Gasteiger partial charge in [0.25, 0.3) is 0 Å². The number of carbonyl (C=O) groups excluding carboxylic acids is 3. The van der Waals surface area contributed by atoms with Crippen molar-refractivity contribution in [3.05, 3.63) is 107 Å². The molecule has 2 aromatic heterocycles. The van der Waals surface area contributed by atoms with Crippen LogP contribution >= 0.6 is 11.8 Å². The lowest BCUT2D eigenvalue weighted by Gasteiger charge is -2.32. The van der Waals surface area contributed by atoms with E-state index in [1.807, 2.05) is 66.9 Å². The molecule has 3 heterocycles. The van der Waals surface area contributed by atoms with Gasteiger partial charge in [-0.05, 0) is 96.8 Å². The summed E-state index contributed by atoms with van der Waals surface area (Å²) in [5, 5.41) is 25.0. The molecule has 0 radical (unpaired) electrons. The van der Waals surface area contributed by atoms with Crippen molar-refractivity contribution in [1.82, 2.24) is 46.5 Å². The number of hydrogen-bond acceptors (Lipinski definition) is 11. The molecule has 0 spiro atoms. The molecule has 0 bridgehead atoms. The summed E-state index contributed by atoms with van der Waals surface area (Å²) >= 11 is 1.06. The van der Waals surface area contributed by atoms with Crippen molar-refractivity contribution in [2.45, 2.75) is 87.9 Å². The molecule has 1 aliphatic heterocycles. The van der Waals surface area contributed by atoms with Crippen LogP contribution in [0.4, 0.5) is 4.39 Å². The molecule has 3 atom stereocenters. The quantitative estimate of drug-likeness (QED) is 0.0707. The van der Waals surface area contributed by atoms with E-state index in [4.69, 9.17) is 17.2 Å². The van der Waals surface area contributed by atoms with Crippen molar-refractivity contribution in [2.75, 3.05) is 26.7 Å². The summed E-state index contributed by atoms with van der Waals surface area (Å²) < 4.78 is 16.4. The molecule has 5 aromatic rings. The van der Waals surface area contributed by atoms with Gasteiger partial charge in [-0.3, -0.25) is 14.4 Å². The van der Waals surface area contributed by atoms with Crippen LogP contribution in [-0.4, -0.2) is 93.0 Å². The van der Waals surface area contributed by atoms with Gasteiger partial charge in [0.15, 0.2) is 0 Å². The molecule has 15 nitrogen and oxygen atoms in total. The molecule has 0 unspecified atom stereocenters. The van der Waals surface area contributed by atoms with Gasteiger partial charge in [-0.15, -0.1) is 10.2 Å². The van der Waals surface area contributed by atoms with Crippen molar-refractivity contribution in [1.29, 1.82) is 0 Å². The van der Waals surface area contributed by atoms with Crippen molar-refractivity contribution < 1.29 is 18.8 Å². The Morgan fingerprint density at radius 1 is 0.919 bits per heavy atom. The Morgan fingerprint density at radius 2 is 1.68 bits per heavy atom. The molecule has 328 valence electrons. The van der Waals surface area contributed by atoms with E-state index in [1.54, 1.807) is 13.1 Å². The van der Waals surface area contributed by atoms with Gasteiger partial charge in [-0.2, -0.15) is 5.21 Å². The Hall–Kier alpha value is -5.88. The zero-order valence-electron chi connectivity index (χ0n) is 35.3. The highest BCUT2D eigenvalue weighted by Crippen LogP contribution is 2.38. The van der Waals surface area contributed by atoms with Crippen LogP contribution in [0.1, 0.15) is 63.0 Å². The fraction of sp³-hybridized carbons (Fsp3) is 0.378. The number of thioether (sulfide) groups is 1. The average molecular weight is 865 g/mol. The molecule has 0 saturated heterocycles. The topological polar surface area (TPSA) is 239 Å². The third-order valence-corrected chi connectivity index (χ3v) is 12.2. The number of nitrogens with two attached hydrogens (primary N) is 3. The molecule has 3 amide bonds. The molecule has 0 aliphatic carbocycles. The molecule has 3 aromatic carbocycles. The summed E-state index contributed by atoms with van der Waals surface area (Å²) in [5.41, 5.74) is 23.7. The number of para-hydroxylation sites is 1. The lowest BCUT2D eigenvalue weighted by atomic mass is 9.97. The Labute approximate surface area is 365 Å². The molecule has 62 heavy (non-hydrogen) atoms. The first-order chi connectivity index (χ1) is 30.1. The monoisotopic (exact) mass is 864 g/mol. The highest BCUT2D eigenvalue weighted by atomic mass is 32.2. The van der Waals surface area contributed by atoms with Gasteiger partial charge in [-0.25, -0.2) is 4.39 Å². The summed E-state index contributed by atoms with van der Waals surface area (Å²) in [5.74, 6) is -1.37. The predicted octanol–water partition coefficient (Wildman–Crippen LogP) is 4.78. The maximum atomic E-state index is 16.4. The van der Waals surface area contributed by atoms with Crippen LogP contribution in [0.5, 0.6) is 0 Å². The average Bonchev–Trinajstić information content (AvgIpc) is 3.98. The summed E-state index contributed by atoms with van der Waals surface area (Å²) in [4.78, 5) is 48.6. The summed E-state index contributed by atoms with van der Waals surface area (Å²) in [6.07, 6.45) is 10.0. The number of likely N-dealkylation sites (N-methyl/N-ethyl adjacent to an activating group) is 1. The number of rotatable bonds is 14. The predicted molar refractivity (Wildman–Crippen MR) is 241 cm³/mol. The summed E-state index contributed by atoms with van der Waals surface area (Å²) in [7, 11) is 1.58. The van der Waals surface area contributed by atoms with Crippen LogP contribution in [0.3, 0.4) is 0 Å². The van der Waals surface area contributed by atoms with Crippen LogP contribution in [0.15, 0.2) is 94.5 Å². The van der Waals surface area contributed by atoms with Crippen molar-refractivity contribution in [2.24, 2.45) is 17.2 Å². The number of aromatic amines is 2. The number of allylic oxidation sites excluding steroid dienone is 1. The maximum absolute atomic E-state index is 16.4. The Kier molecular flexibility index (Phi) is 16.4. The lowest BCUT2D eigenvalue weighted by Crippen LogP contribution is -2.57.